The zero-order chi connectivity index (χ0) is 14.5. The molecule has 1 heterocycles. The van der Waals surface area contributed by atoms with Crippen LogP contribution in [0, 0.1) is 0 Å². The number of benzene rings is 1. The third-order valence-electron chi connectivity index (χ3n) is 2.73. The standard InChI is InChI=1S/C14H13BrClN3O/c1-17-14(20)10-4-2-9(3-5-10)7-18-12-6-11(15)8-19-13(12)16/h2-6,8,18H,7H2,1H3,(H,17,20). The Bertz CT molecular complexity index is 616. The average Bonchev–Trinajstić information content (AvgIpc) is 2.48. The Morgan fingerprint density at radius 2 is 2.05 bits per heavy atom. The lowest BCUT2D eigenvalue weighted by atomic mass is 10.1. The van der Waals surface area contributed by atoms with E-state index >= 15 is 0 Å². The predicted molar refractivity (Wildman–Crippen MR) is 84.1 cm³/mol. The zero-order valence-corrected chi connectivity index (χ0v) is 13.1. The molecule has 0 bridgehead atoms. The first-order valence-electron chi connectivity index (χ1n) is 5.96. The van der Waals surface area contributed by atoms with Crippen molar-refractivity contribution in [2.75, 3.05) is 12.4 Å². The van der Waals surface area contributed by atoms with Gasteiger partial charge >= 0.3 is 0 Å². The van der Waals surface area contributed by atoms with Crippen LogP contribution in [-0.4, -0.2) is 17.9 Å². The lowest BCUT2D eigenvalue weighted by Gasteiger charge is -2.09. The number of pyridine rings is 1. The van der Waals surface area contributed by atoms with E-state index in [0.717, 1.165) is 15.7 Å². The lowest BCUT2D eigenvalue weighted by Crippen LogP contribution is -2.17. The smallest absolute Gasteiger partial charge is 0.251 e. The van der Waals surface area contributed by atoms with E-state index < -0.39 is 0 Å². The van der Waals surface area contributed by atoms with Crippen LogP contribution >= 0.6 is 27.5 Å². The van der Waals surface area contributed by atoms with E-state index in [-0.39, 0.29) is 5.91 Å². The molecule has 0 unspecified atom stereocenters. The van der Waals surface area contributed by atoms with Crippen molar-refractivity contribution in [1.29, 1.82) is 0 Å². The molecule has 0 saturated heterocycles. The number of amides is 1. The fourth-order valence-corrected chi connectivity index (χ4v) is 2.16. The van der Waals surface area contributed by atoms with Crippen LogP contribution < -0.4 is 10.6 Å². The second-order valence-electron chi connectivity index (χ2n) is 4.12. The van der Waals surface area contributed by atoms with Crippen LogP contribution in [0.1, 0.15) is 15.9 Å². The Kier molecular flexibility index (Phi) is 4.98. The quantitative estimate of drug-likeness (QED) is 0.827. The fraction of sp³-hybridized carbons (Fsp3) is 0.143. The minimum Gasteiger partial charge on any atom is -0.378 e. The average molecular weight is 355 g/mol. The number of nitrogens with one attached hydrogen (secondary N) is 2. The monoisotopic (exact) mass is 353 g/mol. The van der Waals surface area contributed by atoms with Gasteiger partial charge in [-0.25, -0.2) is 4.98 Å². The molecular weight excluding hydrogens is 342 g/mol. The van der Waals surface area contributed by atoms with Crippen molar-refractivity contribution in [3.63, 3.8) is 0 Å². The van der Waals surface area contributed by atoms with Gasteiger partial charge in [0.25, 0.3) is 5.91 Å². The van der Waals surface area contributed by atoms with Gasteiger partial charge in [-0.3, -0.25) is 4.79 Å². The molecular formula is C14H13BrClN3O. The molecule has 0 aliphatic rings. The minimum atomic E-state index is -0.0938. The second kappa shape index (κ2) is 6.72. The highest BCUT2D eigenvalue weighted by molar-refractivity contribution is 9.10. The van der Waals surface area contributed by atoms with E-state index in [1.807, 2.05) is 18.2 Å². The highest BCUT2D eigenvalue weighted by Gasteiger charge is 2.04. The molecule has 2 rings (SSSR count). The van der Waals surface area contributed by atoms with Crippen LogP contribution in [0.25, 0.3) is 0 Å². The number of nitrogens with zero attached hydrogens (tertiary/aromatic N) is 1. The maximum Gasteiger partial charge on any atom is 0.251 e. The number of anilines is 1. The molecule has 0 atom stereocenters. The highest BCUT2D eigenvalue weighted by atomic mass is 79.9. The molecule has 1 aromatic carbocycles. The molecule has 2 N–H and O–H groups in total. The third-order valence-corrected chi connectivity index (χ3v) is 3.47. The Morgan fingerprint density at radius 1 is 1.35 bits per heavy atom. The van der Waals surface area contributed by atoms with Crippen LogP contribution in [0.5, 0.6) is 0 Å². The number of rotatable bonds is 4. The minimum absolute atomic E-state index is 0.0938. The lowest BCUT2D eigenvalue weighted by molar-refractivity contribution is 0.0963. The summed E-state index contributed by atoms with van der Waals surface area (Å²) in [6, 6.07) is 9.25. The topological polar surface area (TPSA) is 54.0 Å². The molecule has 104 valence electrons. The van der Waals surface area contributed by atoms with Gasteiger partial charge in [0.2, 0.25) is 0 Å². The summed E-state index contributed by atoms with van der Waals surface area (Å²) in [4.78, 5) is 15.5. The molecule has 1 aromatic heterocycles. The summed E-state index contributed by atoms with van der Waals surface area (Å²) in [5, 5.41) is 6.22. The Morgan fingerprint density at radius 3 is 2.70 bits per heavy atom. The van der Waals surface area contributed by atoms with E-state index in [1.54, 1.807) is 25.4 Å². The van der Waals surface area contributed by atoms with E-state index in [9.17, 15) is 4.79 Å². The first-order valence-corrected chi connectivity index (χ1v) is 7.13. The normalized spacial score (nSPS) is 10.2. The molecule has 0 radical (unpaired) electrons. The van der Waals surface area contributed by atoms with Gasteiger partial charge in [0.05, 0.1) is 5.69 Å². The van der Waals surface area contributed by atoms with Crippen molar-refractivity contribution in [2.24, 2.45) is 0 Å². The molecule has 1 amide bonds. The first kappa shape index (κ1) is 14.8. The molecule has 20 heavy (non-hydrogen) atoms. The van der Waals surface area contributed by atoms with Gasteiger partial charge in [0, 0.05) is 29.8 Å². The van der Waals surface area contributed by atoms with Gasteiger partial charge in [-0.2, -0.15) is 0 Å². The van der Waals surface area contributed by atoms with E-state index in [4.69, 9.17) is 11.6 Å². The largest absolute Gasteiger partial charge is 0.378 e. The predicted octanol–water partition coefficient (Wildman–Crippen LogP) is 3.47. The summed E-state index contributed by atoms with van der Waals surface area (Å²) in [5.41, 5.74) is 2.45. The summed E-state index contributed by atoms with van der Waals surface area (Å²) in [6.45, 7) is 0.603. The van der Waals surface area contributed by atoms with E-state index in [0.29, 0.717) is 17.3 Å². The summed E-state index contributed by atoms with van der Waals surface area (Å²) in [5.74, 6) is -0.0938. The SMILES string of the molecule is CNC(=O)c1ccc(CNc2cc(Br)cnc2Cl)cc1. The summed E-state index contributed by atoms with van der Waals surface area (Å²) >= 11 is 9.35. The second-order valence-corrected chi connectivity index (χ2v) is 5.40. The fourth-order valence-electron chi connectivity index (χ4n) is 1.66. The summed E-state index contributed by atoms with van der Waals surface area (Å²) in [7, 11) is 1.61. The molecule has 0 fully saturated rings. The molecule has 6 heteroatoms. The van der Waals surface area contributed by atoms with Gasteiger partial charge in [0.15, 0.2) is 5.15 Å². The number of halogens is 2. The van der Waals surface area contributed by atoms with Gasteiger partial charge in [0.1, 0.15) is 0 Å². The molecule has 0 spiro atoms. The zero-order valence-electron chi connectivity index (χ0n) is 10.8. The van der Waals surface area contributed by atoms with Gasteiger partial charge in [-0.15, -0.1) is 0 Å². The van der Waals surface area contributed by atoms with E-state index in [2.05, 4.69) is 31.5 Å². The van der Waals surface area contributed by atoms with Crippen molar-refractivity contribution in [2.45, 2.75) is 6.54 Å². The van der Waals surface area contributed by atoms with Crippen LogP contribution in [0.15, 0.2) is 41.0 Å². The Balaban J connectivity index is 2.04. The van der Waals surface area contributed by atoms with Crippen molar-refractivity contribution in [3.8, 4) is 0 Å². The van der Waals surface area contributed by atoms with Crippen LogP contribution in [0.3, 0.4) is 0 Å². The Labute approximate surface area is 130 Å². The Hall–Kier alpha value is -1.59. The van der Waals surface area contributed by atoms with E-state index in [1.165, 1.54) is 0 Å². The summed E-state index contributed by atoms with van der Waals surface area (Å²) in [6.07, 6.45) is 1.64. The number of carbonyl (C=O) groups is 1. The van der Waals surface area contributed by atoms with Crippen molar-refractivity contribution in [3.05, 3.63) is 57.3 Å². The molecule has 2 aromatic rings. The van der Waals surface area contributed by atoms with Crippen molar-refractivity contribution >= 4 is 39.1 Å². The number of hydrogen-bond acceptors (Lipinski definition) is 3. The number of aromatic nitrogens is 1. The van der Waals surface area contributed by atoms with Crippen molar-refractivity contribution in [1.82, 2.24) is 10.3 Å². The van der Waals surface area contributed by atoms with Crippen molar-refractivity contribution < 1.29 is 4.79 Å². The van der Waals surface area contributed by atoms with Gasteiger partial charge in [-0.1, -0.05) is 23.7 Å². The molecule has 4 nitrogen and oxygen atoms in total. The van der Waals surface area contributed by atoms with Gasteiger partial charge in [-0.05, 0) is 39.7 Å². The molecule has 0 aliphatic carbocycles. The maximum absolute atomic E-state index is 11.4. The van der Waals surface area contributed by atoms with Gasteiger partial charge < -0.3 is 10.6 Å². The number of hydrogen-bond donors (Lipinski definition) is 2. The first-order chi connectivity index (χ1) is 9.60. The molecule has 0 saturated carbocycles. The third kappa shape index (κ3) is 3.71. The van der Waals surface area contributed by atoms with Crippen LogP contribution in [0.2, 0.25) is 5.15 Å². The number of carbonyl (C=O) groups excluding carboxylic acids is 1. The summed E-state index contributed by atoms with van der Waals surface area (Å²) < 4.78 is 0.861. The highest BCUT2D eigenvalue weighted by Crippen LogP contribution is 2.23. The van der Waals surface area contributed by atoms with Crippen LogP contribution in [-0.2, 0) is 6.54 Å². The van der Waals surface area contributed by atoms with Crippen LogP contribution in [0.4, 0.5) is 5.69 Å². The maximum atomic E-state index is 11.4. The molecule has 0 aliphatic heterocycles.